The third-order valence-electron chi connectivity index (χ3n) is 4.41. The van der Waals surface area contributed by atoms with Crippen LogP contribution >= 0.6 is 0 Å². The number of carbonyl (C=O) groups excluding carboxylic acids is 1. The molecular weight excluding hydrogens is 288 g/mol. The Bertz CT molecular complexity index is 511. The second kappa shape index (κ2) is 7.35. The average molecular weight is 318 g/mol. The van der Waals surface area contributed by atoms with Crippen molar-refractivity contribution < 1.29 is 9.53 Å². The Labute approximate surface area is 140 Å². The molecule has 0 saturated carbocycles. The number of nitrogens with zero attached hydrogens (tertiary/aromatic N) is 1. The van der Waals surface area contributed by atoms with E-state index in [0.29, 0.717) is 12.0 Å². The molecule has 1 amide bonds. The van der Waals surface area contributed by atoms with E-state index < -0.39 is 5.60 Å². The summed E-state index contributed by atoms with van der Waals surface area (Å²) < 4.78 is 5.47. The van der Waals surface area contributed by atoms with E-state index in [1.165, 1.54) is 11.1 Å². The SMILES string of the molecule is CNC(c1ccc(C)cc1)C1CCN(C(=O)OC(C)(C)C)CC1. The monoisotopic (exact) mass is 318 g/mol. The molecule has 1 aromatic carbocycles. The third kappa shape index (κ3) is 4.96. The molecule has 23 heavy (non-hydrogen) atoms. The lowest BCUT2D eigenvalue weighted by atomic mass is 9.85. The second-order valence-electron chi connectivity index (χ2n) is 7.48. The topological polar surface area (TPSA) is 41.6 Å². The molecule has 0 spiro atoms. The van der Waals surface area contributed by atoms with Crippen LogP contribution < -0.4 is 5.32 Å². The van der Waals surface area contributed by atoms with Gasteiger partial charge in [0.1, 0.15) is 5.60 Å². The highest BCUT2D eigenvalue weighted by atomic mass is 16.6. The summed E-state index contributed by atoms with van der Waals surface area (Å²) in [5.74, 6) is 0.543. The molecule has 0 aliphatic carbocycles. The minimum atomic E-state index is -0.427. The standard InChI is InChI=1S/C19H30N2O2/c1-14-6-8-15(9-7-14)17(20-5)16-10-12-21(13-11-16)18(22)23-19(2,3)4/h6-9,16-17,20H,10-13H2,1-5H3. The first-order valence-corrected chi connectivity index (χ1v) is 8.52. The van der Waals surface area contributed by atoms with E-state index in [4.69, 9.17) is 4.74 Å². The molecule has 4 nitrogen and oxygen atoms in total. The molecule has 128 valence electrons. The number of hydrogen-bond donors (Lipinski definition) is 1. The van der Waals surface area contributed by atoms with Gasteiger partial charge < -0.3 is 15.0 Å². The van der Waals surface area contributed by atoms with Crippen LogP contribution in [0.5, 0.6) is 0 Å². The van der Waals surface area contributed by atoms with Gasteiger partial charge in [-0.2, -0.15) is 0 Å². The Morgan fingerprint density at radius 2 is 1.78 bits per heavy atom. The highest BCUT2D eigenvalue weighted by molar-refractivity contribution is 5.68. The molecule has 0 bridgehead atoms. The Hall–Kier alpha value is -1.55. The minimum Gasteiger partial charge on any atom is -0.444 e. The van der Waals surface area contributed by atoms with Crippen molar-refractivity contribution in [3.05, 3.63) is 35.4 Å². The minimum absolute atomic E-state index is 0.188. The first-order chi connectivity index (χ1) is 10.8. The van der Waals surface area contributed by atoms with E-state index >= 15 is 0 Å². The molecule has 1 N–H and O–H groups in total. The molecule has 0 radical (unpaired) electrons. The van der Waals surface area contributed by atoms with Crippen molar-refractivity contribution in [1.82, 2.24) is 10.2 Å². The normalized spacial score (nSPS) is 17.9. The predicted molar refractivity (Wildman–Crippen MR) is 93.5 cm³/mol. The lowest BCUT2D eigenvalue weighted by molar-refractivity contribution is 0.0170. The fourth-order valence-corrected chi connectivity index (χ4v) is 3.19. The zero-order valence-electron chi connectivity index (χ0n) is 15.1. The van der Waals surface area contributed by atoms with E-state index in [9.17, 15) is 4.79 Å². The fraction of sp³-hybridized carbons (Fsp3) is 0.632. The summed E-state index contributed by atoms with van der Waals surface area (Å²) in [6.07, 6.45) is 1.81. The number of carbonyl (C=O) groups is 1. The molecule has 1 unspecified atom stereocenters. The van der Waals surface area contributed by atoms with E-state index in [2.05, 4.69) is 36.5 Å². The van der Waals surface area contributed by atoms with Gasteiger partial charge in [0.15, 0.2) is 0 Å². The molecule has 2 rings (SSSR count). The molecule has 1 saturated heterocycles. The van der Waals surface area contributed by atoms with Crippen molar-refractivity contribution in [2.24, 2.45) is 5.92 Å². The molecule has 1 aromatic rings. The summed E-state index contributed by atoms with van der Waals surface area (Å²) in [6.45, 7) is 9.37. The smallest absolute Gasteiger partial charge is 0.410 e. The van der Waals surface area contributed by atoms with Crippen molar-refractivity contribution >= 4 is 6.09 Å². The van der Waals surface area contributed by atoms with E-state index in [1.54, 1.807) is 0 Å². The number of ether oxygens (including phenoxy) is 1. The number of hydrogen-bond acceptors (Lipinski definition) is 3. The predicted octanol–water partition coefficient (Wildman–Crippen LogP) is 3.90. The molecular formula is C19H30N2O2. The molecule has 1 heterocycles. The molecule has 1 atom stereocenters. The Morgan fingerprint density at radius 1 is 1.22 bits per heavy atom. The van der Waals surface area contributed by atoms with Gasteiger partial charge >= 0.3 is 6.09 Å². The van der Waals surface area contributed by atoms with E-state index in [1.807, 2.05) is 32.7 Å². The van der Waals surface area contributed by atoms with Crippen molar-refractivity contribution in [3.8, 4) is 0 Å². The summed E-state index contributed by atoms with van der Waals surface area (Å²) in [7, 11) is 2.02. The summed E-state index contributed by atoms with van der Waals surface area (Å²) in [5, 5.41) is 3.46. The van der Waals surface area contributed by atoms with Gasteiger partial charge in [-0.15, -0.1) is 0 Å². The number of amides is 1. The van der Waals surface area contributed by atoms with Crippen LogP contribution in [-0.2, 0) is 4.74 Å². The van der Waals surface area contributed by atoms with Gasteiger partial charge in [0, 0.05) is 19.1 Å². The number of aryl methyl sites for hydroxylation is 1. The summed E-state index contributed by atoms with van der Waals surface area (Å²) in [5.41, 5.74) is 2.18. The van der Waals surface area contributed by atoms with Crippen molar-refractivity contribution in [2.45, 2.75) is 52.2 Å². The van der Waals surface area contributed by atoms with Gasteiger partial charge in [0.25, 0.3) is 0 Å². The maximum atomic E-state index is 12.2. The van der Waals surface area contributed by atoms with E-state index in [0.717, 1.165) is 25.9 Å². The largest absolute Gasteiger partial charge is 0.444 e. The van der Waals surface area contributed by atoms with Crippen LogP contribution in [0, 0.1) is 12.8 Å². The van der Waals surface area contributed by atoms with Crippen LogP contribution in [-0.4, -0.2) is 36.7 Å². The average Bonchev–Trinajstić information content (AvgIpc) is 2.49. The van der Waals surface area contributed by atoms with Gasteiger partial charge in [0.05, 0.1) is 0 Å². The maximum absolute atomic E-state index is 12.2. The van der Waals surface area contributed by atoms with Gasteiger partial charge in [-0.3, -0.25) is 0 Å². The first-order valence-electron chi connectivity index (χ1n) is 8.52. The Morgan fingerprint density at radius 3 is 2.26 bits per heavy atom. The van der Waals surface area contributed by atoms with Crippen LogP contribution in [0.3, 0.4) is 0 Å². The summed E-state index contributed by atoms with van der Waals surface area (Å²) in [4.78, 5) is 14.0. The van der Waals surface area contributed by atoms with Gasteiger partial charge in [-0.25, -0.2) is 4.79 Å². The van der Waals surface area contributed by atoms with Crippen LogP contribution in [0.15, 0.2) is 24.3 Å². The molecule has 1 aliphatic rings. The zero-order chi connectivity index (χ0) is 17.0. The summed E-state index contributed by atoms with van der Waals surface area (Å²) >= 11 is 0. The number of nitrogens with one attached hydrogen (secondary N) is 1. The molecule has 0 aromatic heterocycles. The Kier molecular flexibility index (Phi) is 5.69. The van der Waals surface area contributed by atoms with Gasteiger partial charge in [0.2, 0.25) is 0 Å². The zero-order valence-corrected chi connectivity index (χ0v) is 15.1. The number of rotatable bonds is 3. The van der Waals surface area contributed by atoms with E-state index in [-0.39, 0.29) is 6.09 Å². The van der Waals surface area contributed by atoms with Crippen molar-refractivity contribution in [1.29, 1.82) is 0 Å². The highest BCUT2D eigenvalue weighted by Crippen LogP contribution is 2.31. The lowest BCUT2D eigenvalue weighted by Gasteiger charge is -2.36. The molecule has 1 aliphatic heterocycles. The molecule has 4 heteroatoms. The van der Waals surface area contributed by atoms with Crippen molar-refractivity contribution in [2.75, 3.05) is 20.1 Å². The second-order valence-corrected chi connectivity index (χ2v) is 7.48. The number of benzene rings is 1. The summed E-state index contributed by atoms with van der Waals surface area (Å²) in [6, 6.07) is 9.08. The fourth-order valence-electron chi connectivity index (χ4n) is 3.19. The lowest BCUT2D eigenvalue weighted by Crippen LogP contribution is -2.43. The van der Waals surface area contributed by atoms with Crippen LogP contribution in [0.2, 0.25) is 0 Å². The first kappa shape index (κ1) is 17.8. The quantitative estimate of drug-likeness (QED) is 0.919. The molecule has 1 fully saturated rings. The van der Waals surface area contributed by atoms with Gasteiger partial charge in [-0.05, 0) is 59.1 Å². The third-order valence-corrected chi connectivity index (χ3v) is 4.41. The van der Waals surface area contributed by atoms with Gasteiger partial charge in [-0.1, -0.05) is 29.8 Å². The van der Waals surface area contributed by atoms with Crippen LogP contribution in [0.25, 0.3) is 0 Å². The number of piperidine rings is 1. The number of likely N-dealkylation sites (tertiary alicyclic amines) is 1. The Balaban J connectivity index is 1.94. The van der Waals surface area contributed by atoms with Crippen molar-refractivity contribution in [3.63, 3.8) is 0 Å². The maximum Gasteiger partial charge on any atom is 0.410 e. The van der Waals surface area contributed by atoms with Crippen LogP contribution in [0.1, 0.15) is 50.8 Å². The van der Waals surface area contributed by atoms with Crippen LogP contribution in [0.4, 0.5) is 4.79 Å². The highest BCUT2D eigenvalue weighted by Gasteiger charge is 2.30.